The van der Waals surface area contributed by atoms with Gasteiger partial charge in [0.25, 0.3) is 0 Å². The van der Waals surface area contributed by atoms with E-state index in [0.717, 1.165) is 27.8 Å². The van der Waals surface area contributed by atoms with Gasteiger partial charge in [-0.25, -0.2) is 0 Å². The monoisotopic (exact) mass is 506 g/mol. The molecular weight excluding hydrogens is 476 g/mol. The van der Waals surface area contributed by atoms with Crippen LogP contribution in [0.2, 0.25) is 0 Å². The lowest BCUT2D eigenvalue weighted by Crippen LogP contribution is -2.68. The maximum atomic E-state index is 11.4. The number of amides is 1. The molecule has 37 heavy (non-hydrogen) atoms. The fourth-order valence-corrected chi connectivity index (χ4v) is 7.20. The summed E-state index contributed by atoms with van der Waals surface area (Å²) in [5, 5.41) is 36.0. The summed E-state index contributed by atoms with van der Waals surface area (Å²) in [5.41, 5.74) is 4.70. The smallest absolute Gasteiger partial charge is 0.231 e. The number of benzene rings is 2. The van der Waals surface area contributed by atoms with Gasteiger partial charge in [0.15, 0.2) is 23.0 Å². The van der Waals surface area contributed by atoms with Gasteiger partial charge in [-0.2, -0.15) is 5.26 Å². The van der Waals surface area contributed by atoms with Gasteiger partial charge in [0.2, 0.25) is 13.2 Å². The van der Waals surface area contributed by atoms with Crippen LogP contribution in [0.25, 0.3) is 0 Å². The Labute approximate surface area is 214 Å². The predicted octanol–water partition coefficient (Wildman–Crippen LogP) is 1.97. The van der Waals surface area contributed by atoms with Crippen molar-refractivity contribution in [3.8, 4) is 34.8 Å². The fraction of sp³-hybridized carbons (Fsp3) is 0.481. The van der Waals surface area contributed by atoms with Gasteiger partial charge in [-0.05, 0) is 44.9 Å². The van der Waals surface area contributed by atoms with Gasteiger partial charge >= 0.3 is 0 Å². The van der Waals surface area contributed by atoms with Crippen LogP contribution >= 0.6 is 0 Å². The first-order valence-electron chi connectivity index (χ1n) is 12.4. The minimum Gasteiger partial charge on any atom is -0.507 e. The molecular formula is C27H30N4O6. The van der Waals surface area contributed by atoms with Crippen LogP contribution in [0.3, 0.4) is 0 Å². The van der Waals surface area contributed by atoms with Crippen LogP contribution in [-0.2, 0) is 17.6 Å². The number of carbonyl (C=O) groups is 1. The highest BCUT2D eigenvalue weighted by atomic mass is 16.7. The maximum Gasteiger partial charge on any atom is 0.231 e. The van der Waals surface area contributed by atoms with E-state index in [1.165, 1.54) is 0 Å². The van der Waals surface area contributed by atoms with Crippen LogP contribution in [0.1, 0.15) is 45.5 Å². The number of phenolic OH excluding ortho intramolecular Hbond substituents is 2. The molecule has 1 amide bonds. The summed E-state index contributed by atoms with van der Waals surface area (Å²) in [5.74, 6) is 1.74. The lowest BCUT2D eigenvalue weighted by Gasteiger charge is -2.60. The predicted molar refractivity (Wildman–Crippen MR) is 132 cm³/mol. The summed E-state index contributed by atoms with van der Waals surface area (Å²) in [7, 11) is 3.54. The molecule has 10 heteroatoms. The minimum absolute atomic E-state index is 0.0411. The second kappa shape index (κ2) is 8.43. The van der Waals surface area contributed by atoms with Crippen LogP contribution in [0, 0.1) is 25.2 Å². The molecule has 0 saturated carbocycles. The molecule has 2 bridgehead atoms. The third-order valence-electron chi connectivity index (χ3n) is 8.69. The number of nitrogens with one attached hydrogen (secondary N) is 1. The van der Waals surface area contributed by atoms with Crippen molar-refractivity contribution in [3.63, 3.8) is 0 Å². The van der Waals surface area contributed by atoms with Crippen LogP contribution in [0.5, 0.6) is 28.7 Å². The number of phenols is 2. The van der Waals surface area contributed by atoms with Gasteiger partial charge in [0.05, 0.1) is 25.3 Å². The zero-order chi connectivity index (χ0) is 26.2. The van der Waals surface area contributed by atoms with E-state index in [9.17, 15) is 20.3 Å². The zero-order valence-electron chi connectivity index (χ0n) is 21.2. The van der Waals surface area contributed by atoms with E-state index >= 15 is 0 Å². The Morgan fingerprint density at radius 3 is 2.65 bits per heavy atom. The topological polar surface area (TPSA) is 128 Å². The molecule has 4 heterocycles. The quantitative estimate of drug-likeness (QED) is 0.533. The number of hydrogen-bond donors (Lipinski definition) is 3. The number of fused-ring (bicyclic) bond motifs is 9. The molecule has 1 saturated heterocycles. The summed E-state index contributed by atoms with van der Waals surface area (Å²) in [6, 6.07) is 2.96. The average molecular weight is 507 g/mol. The van der Waals surface area contributed by atoms with E-state index in [-0.39, 0.29) is 43.0 Å². The lowest BCUT2D eigenvalue weighted by molar-refractivity contribution is -0.110. The Hall–Kier alpha value is -3.68. The normalized spacial score (nSPS) is 27.5. The maximum absolute atomic E-state index is 11.4. The van der Waals surface area contributed by atoms with Crippen molar-refractivity contribution in [2.45, 2.75) is 56.9 Å². The van der Waals surface area contributed by atoms with E-state index < -0.39 is 12.1 Å². The molecule has 6 rings (SSSR count). The lowest BCUT2D eigenvalue weighted by atomic mass is 9.71. The Balaban J connectivity index is 1.61. The van der Waals surface area contributed by atoms with Gasteiger partial charge in [0.1, 0.15) is 11.8 Å². The molecule has 4 aliphatic heterocycles. The first-order chi connectivity index (χ1) is 17.8. The van der Waals surface area contributed by atoms with E-state index in [1.54, 1.807) is 14.0 Å². The van der Waals surface area contributed by atoms with Crippen LogP contribution in [-0.4, -0.2) is 72.0 Å². The van der Waals surface area contributed by atoms with Crippen molar-refractivity contribution in [3.05, 3.63) is 39.4 Å². The van der Waals surface area contributed by atoms with Crippen molar-refractivity contribution < 1.29 is 29.2 Å². The molecule has 10 nitrogen and oxygen atoms in total. The number of likely N-dealkylation sites (N-methyl/N-ethyl adjacent to an activating group) is 1. The highest BCUT2D eigenvalue weighted by Crippen LogP contribution is 2.58. The summed E-state index contributed by atoms with van der Waals surface area (Å²) < 4.78 is 17.2. The number of aromatic hydroxyl groups is 2. The molecule has 1 unspecified atom stereocenters. The Bertz CT molecular complexity index is 1350. The molecule has 2 aromatic rings. The third kappa shape index (κ3) is 3.07. The summed E-state index contributed by atoms with van der Waals surface area (Å²) in [4.78, 5) is 15.8. The van der Waals surface area contributed by atoms with Gasteiger partial charge in [-0.15, -0.1) is 0 Å². The molecule has 194 valence electrons. The Morgan fingerprint density at radius 1 is 1.19 bits per heavy atom. The van der Waals surface area contributed by atoms with E-state index in [1.807, 2.05) is 20.0 Å². The number of nitriles is 1. The van der Waals surface area contributed by atoms with Gasteiger partial charge in [-0.3, -0.25) is 14.6 Å². The van der Waals surface area contributed by atoms with Crippen molar-refractivity contribution >= 4 is 6.41 Å². The fourth-order valence-electron chi connectivity index (χ4n) is 7.20. The van der Waals surface area contributed by atoms with Gasteiger partial charge in [-0.1, -0.05) is 6.07 Å². The van der Waals surface area contributed by atoms with Crippen LogP contribution in [0.15, 0.2) is 6.07 Å². The highest BCUT2D eigenvalue weighted by Gasteiger charge is 2.56. The molecule has 3 N–H and O–H groups in total. The van der Waals surface area contributed by atoms with Crippen molar-refractivity contribution in [1.82, 2.24) is 15.1 Å². The summed E-state index contributed by atoms with van der Waals surface area (Å²) in [6.45, 7) is 3.97. The van der Waals surface area contributed by atoms with Crippen LogP contribution in [0.4, 0.5) is 0 Å². The third-order valence-corrected chi connectivity index (χ3v) is 8.69. The van der Waals surface area contributed by atoms with Crippen molar-refractivity contribution in [2.75, 3.05) is 27.5 Å². The van der Waals surface area contributed by atoms with Gasteiger partial charge in [0, 0.05) is 40.9 Å². The molecule has 0 aliphatic carbocycles. The van der Waals surface area contributed by atoms with Gasteiger partial charge < -0.3 is 29.7 Å². The number of rotatable bonds is 4. The second-order valence-corrected chi connectivity index (χ2v) is 10.3. The Kier molecular flexibility index (Phi) is 5.40. The first kappa shape index (κ1) is 23.7. The van der Waals surface area contributed by atoms with E-state index in [2.05, 4.69) is 21.2 Å². The number of nitrogens with zero attached hydrogens (tertiary/aromatic N) is 3. The molecule has 0 spiro atoms. The molecule has 0 aromatic heterocycles. The van der Waals surface area contributed by atoms with E-state index in [0.29, 0.717) is 42.1 Å². The van der Waals surface area contributed by atoms with Crippen molar-refractivity contribution in [2.24, 2.45) is 0 Å². The molecule has 0 radical (unpaired) electrons. The average Bonchev–Trinajstić information content (AvgIpc) is 3.36. The largest absolute Gasteiger partial charge is 0.507 e. The minimum atomic E-state index is -0.503. The number of piperazine rings is 1. The van der Waals surface area contributed by atoms with Crippen molar-refractivity contribution in [1.29, 1.82) is 5.26 Å². The SMILES string of the molecule is COc1c(C)cc2c(c1O)[C@@H]1C3Cc4c(O)c(C)c5c(c4[C@H](CNC=O)N3[C@@H](C#N)[C@@H](C2)N1C)OCO5. The summed E-state index contributed by atoms with van der Waals surface area (Å²) >= 11 is 0. The number of hydrogen-bond acceptors (Lipinski definition) is 9. The number of methoxy groups -OCH3 is 1. The zero-order valence-corrected chi connectivity index (χ0v) is 21.2. The van der Waals surface area contributed by atoms with Crippen LogP contribution < -0.4 is 19.5 Å². The molecule has 2 aromatic carbocycles. The number of aryl methyl sites for hydroxylation is 1. The highest BCUT2D eigenvalue weighted by molar-refractivity contribution is 5.66. The second-order valence-electron chi connectivity index (χ2n) is 10.3. The number of ether oxygens (including phenoxy) is 3. The van der Waals surface area contributed by atoms with E-state index in [4.69, 9.17) is 14.2 Å². The number of carbonyl (C=O) groups excluding carboxylic acids is 1. The standard InChI is InChI=1S/C27H30N4O6/c1-12-5-14-6-16-18(8-28)31-17(22(30(16)3)20(14)24(34)25(12)35-4)7-15-21(19(31)9-29-10-32)27-26(36-11-37-27)13(2)23(15)33/h5,10,16-19,22,33-34H,6-7,9,11H2,1-4H3,(H,29,32)/t16-,17?,18+,19+,22+/m1/s1. The molecule has 4 aliphatic rings. The molecule has 5 atom stereocenters. The Morgan fingerprint density at radius 2 is 1.95 bits per heavy atom. The summed E-state index contributed by atoms with van der Waals surface area (Å²) in [6.07, 6.45) is 1.65. The first-order valence-corrected chi connectivity index (χ1v) is 12.4. The molecule has 1 fully saturated rings.